The number of aromatic nitrogens is 2. The Bertz CT molecular complexity index is 500. The van der Waals surface area contributed by atoms with Gasteiger partial charge in [-0.25, -0.2) is 0 Å². The minimum absolute atomic E-state index is 1.13. The molecule has 0 aromatic carbocycles. The summed E-state index contributed by atoms with van der Waals surface area (Å²) in [7, 11) is -4.67. The first-order valence-electron chi connectivity index (χ1n) is 4.20. The van der Waals surface area contributed by atoms with Crippen molar-refractivity contribution in [2.45, 2.75) is 0 Å². The Morgan fingerprint density at radius 3 is 2.12 bits per heavy atom. The van der Waals surface area contributed by atoms with Crippen molar-refractivity contribution < 1.29 is 17.5 Å². The maximum absolute atomic E-state index is 8.74. The summed E-state index contributed by atoms with van der Waals surface area (Å²) in [5, 5.41) is 0. The highest BCUT2D eigenvalue weighted by molar-refractivity contribution is 7.79. The molecule has 3 N–H and O–H groups in total. The number of aromatic amines is 1. The highest BCUT2D eigenvalue weighted by atomic mass is 32.3. The zero-order valence-electron chi connectivity index (χ0n) is 8.11. The fraction of sp³-hybridized carbons (Fsp3) is 0. The van der Waals surface area contributed by atoms with Crippen LogP contribution in [0.15, 0.2) is 42.9 Å². The van der Waals surface area contributed by atoms with Crippen molar-refractivity contribution >= 4 is 10.4 Å². The summed E-state index contributed by atoms with van der Waals surface area (Å²) in [6.07, 6.45) is 5.49. The minimum atomic E-state index is -4.67. The van der Waals surface area contributed by atoms with E-state index in [1.54, 1.807) is 12.4 Å². The molecule has 0 radical (unpaired) electrons. The van der Waals surface area contributed by atoms with Crippen molar-refractivity contribution in [2.24, 2.45) is 0 Å². The third-order valence-corrected chi connectivity index (χ3v) is 1.59. The van der Waals surface area contributed by atoms with E-state index in [4.69, 9.17) is 17.5 Å². The van der Waals surface area contributed by atoms with Gasteiger partial charge in [0.2, 0.25) is 0 Å². The SMILES string of the molecule is O=S(=O)(O)O.c1c[nH]c(-c2ccncc2)c1. The quantitative estimate of drug-likeness (QED) is 0.656. The van der Waals surface area contributed by atoms with Crippen LogP contribution in [0.25, 0.3) is 11.3 Å². The third kappa shape index (κ3) is 5.25. The summed E-state index contributed by atoms with van der Waals surface area (Å²) >= 11 is 0. The Kier molecular flexibility index (Phi) is 4.18. The monoisotopic (exact) mass is 242 g/mol. The summed E-state index contributed by atoms with van der Waals surface area (Å²) < 4.78 is 31.6. The van der Waals surface area contributed by atoms with Crippen LogP contribution in [0, 0.1) is 0 Å². The number of H-pyrrole nitrogens is 1. The van der Waals surface area contributed by atoms with Crippen molar-refractivity contribution in [3.63, 3.8) is 0 Å². The molecular weight excluding hydrogens is 232 g/mol. The van der Waals surface area contributed by atoms with Gasteiger partial charge >= 0.3 is 10.4 Å². The van der Waals surface area contributed by atoms with E-state index in [2.05, 4.69) is 9.97 Å². The fourth-order valence-corrected chi connectivity index (χ4v) is 1.04. The smallest absolute Gasteiger partial charge is 0.361 e. The Labute approximate surface area is 92.6 Å². The van der Waals surface area contributed by atoms with Crippen LogP contribution in [0.4, 0.5) is 0 Å². The molecular formula is C9H10N2O4S. The largest absolute Gasteiger partial charge is 0.394 e. The summed E-state index contributed by atoms with van der Waals surface area (Å²) in [5.74, 6) is 0. The van der Waals surface area contributed by atoms with Gasteiger partial charge < -0.3 is 4.98 Å². The van der Waals surface area contributed by atoms with E-state index in [0.29, 0.717) is 0 Å². The van der Waals surface area contributed by atoms with Crippen LogP contribution in [0.1, 0.15) is 0 Å². The summed E-state index contributed by atoms with van der Waals surface area (Å²) in [4.78, 5) is 7.07. The first-order chi connectivity index (χ1) is 7.47. The number of pyridine rings is 1. The van der Waals surface area contributed by atoms with Gasteiger partial charge in [0.25, 0.3) is 0 Å². The predicted molar refractivity (Wildman–Crippen MR) is 58.2 cm³/mol. The third-order valence-electron chi connectivity index (χ3n) is 1.59. The highest BCUT2D eigenvalue weighted by Gasteiger charge is 1.93. The molecule has 0 amide bonds. The van der Waals surface area contributed by atoms with E-state index in [0.717, 1.165) is 5.69 Å². The van der Waals surface area contributed by atoms with Gasteiger partial charge in [-0.3, -0.25) is 14.1 Å². The second-order valence-corrected chi connectivity index (χ2v) is 3.66. The number of rotatable bonds is 1. The fourth-order valence-electron chi connectivity index (χ4n) is 1.04. The molecule has 0 aliphatic heterocycles. The molecule has 0 aliphatic rings. The van der Waals surface area contributed by atoms with Crippen LogP contribution in [-0.2, 0) is 10.4 Å². The van der Waals surface area contributed by atoms with Gasteiger partial charge in [0.15, 0.2) is 0 Å². The van der Waals surface area contributed by atoms with E-state index in [9.17, 15) is 0 Å². The molecule has 2 rings (SSSR count). The summed E-state index contributed by atoms with van der Waals surface area (Å²) in [6, 6.07) is 7.97. The average molecular weight is 242 g/mol. The second-order valence-electron chi connectivity index (χ2n) is 2.77. The van der Waals surface area contributed by atoms with Crippen LogP contribution < -0.4 is 0 Å². The molecule has 0 atom stereocenters. The molecule has 2 aromatic rings. The molecule has 6 nitrogen and oxygen atoms in total. The summed E-state index contributed by atoms with van der Waals surface area (Å²) in [5.41, 5.74) is 2.30. The molecule has 7 heteroatoms. The van der Waals surface area contributed by atoms with E-state index in [-0.39, 0.29) is 0 Å². The molecule has 0 aliphatic carbocycles. The predicted octanol–water partition coefficient (Wildman–Crippen LogP) is 1.42. The summed E-state index contributed by atoms with van der Waals surface area (Å²) in [6.45, 7) is 0. The van der Waals surface area contributed by atoms with Crippen LogP contribution in [-0.4, -0.2) is 27.5 Å². The minimum Gasteiger partial charge on any atom is -0.361 e. The molecule has 2 aromatic heterocycles. The Morgan fingerprint density at radius 2 is 1.69 bits per heavy atom. The van der Waals surface area contributed by atoms with Crippen LogP contribution in [0.5, 0.6) is 0 Å². The van der Waals surface area contributed by atoms with Crippen molar-refractivity contribution in [1.82, 2.24) is 9.97 Å². The standard InChI is InChI=1S/C9H8N2.H2O4S/c1-2-9(11-5-1)8-3-6-10-7-4-8;1-5(2,3)4/h1-7,11H;(H2,1,2,3,4). The number of hydrogen-bond donors (Lipinski definition) is 3. The first-order valence-corrected chi connectivity index (χ1v) is 5.60. The lowest BCUT2D eigenvalue weighted by Gasteiger charge is -1.93. The zero-order valence-corrected chi connectivity index (χ0v) is 8.92. The Hall–Kier alpha value is -1.70. The molecule has 0 fully saturated rings. The van der Waals surface area contributed by atoms with E-state index in [1.807, 2.05) is 30.5 Å². The first kappa shape index (κ1) is 12.4. The van der Waals surface area contributed by atoms with Crippen LogP contribution >= 0.6 is 0 Å². The van der Waals surface area contributed by atoms with Gasteiger partial charge in [-0.05, 0) is 24.3 Å². The average Bonchev–Trinajstić information content (AvgIpc) is 2.69. The second kappa shape index (κ2) is 5.40. The van der Waals surface area contributed by atoms with Crippen LogP contribution in [0.2, 0.25) is 0 Å². The number of nitrogens with zero attached hydrogens (tertiary/aromatic N) is 1. The van der Waals surface area contributed by atoms with Crippen molar-refractivity contribution in [1.29, 1.82) is 0 Å². The molecule has 86 valence electrons. The van der Waals surface area contributed by atoms with E-state index >= 15 is 0 Å². The van der Waals surface area contributed by atoms with Gasteiger partial charge in [-0.1, -0.05) is 0 Å². The molecule has 0 bridgehead atoms. The zero-order chi connectivity index (χ0) is 12.0. The van der Waals surface area contributed by atoms with Gasteiger partial charge in [0, 0.05) is 29.8 Å². The Morgan fingerprint density at radius 1 is 1.12 bits per heavy atom. The number of hydrogen-bond acceptors (Lipinski definition) is 3. The lowest BCUT2D eigenvalue weighted by molar-refractivity contribution is 0.381. The molecule has 16 heavy (non-hydrogen) atoms. The van der Waals surface area contributed by atoms with Crippen molar-refractivity contribution in [2.75, 3.05) is 0 Å². The maximum Gasteiger partial charge on any atom is 0.394 e. The molecule has 0 spiro atoms. The molecule has 0 saturated heterocycles. The van der Waals surface area contributed by atoms with E-state index in [1.165, 1.54) is 5.56 Å². The lowest BCUT2D eigenvalue weighted by atomic mass is 10.2. The van der Waals surface area contributed by atoms with Gasteiger partial charge in [0.05, 0.1) is 0 Å². The number of nitrogens with one attached hydrogen (secondary N) is 1. The maximum atomic E-state index is 8.74. The normalized spacial score (nSPS) is 10.4. The molecule has 0 saturated carbocycles. The lowest BCUT2D eigenvalue weighted by Crippen LogP contribution is -1.89. The van der Waals surface area contributed by atoms with Crippen molar-refractivity contribution in [3.8, 4) is 11.3 Å². The molecule has 0 unspecified atom stereocenters. The van der Waals surface area contributed by atoms with E-state index < -0.39 is 10.4 Å². The highest BCUT2D eigenvalue weighted by Crippen LogP contribution is 2.14. The molecule has 2 heterocycles. The van der Waals surface area contributed by atoms with Crippen LogP contribution in [0.3, 0.4) is 0 Å². The van der Waals surface area contributed by atoms with Gasteiger partial charge in [0.1, 0.15) is 0 Å². The van der Waals surface area contributed by atoms with Gasteiger partial charge in [-0.15, -0.1) is 0 Å². The Balaban J connectivity index is 0.000000221. The van der Waals surface area contributed by atoms with Crippen molar-refractivity contribution in [3.05, 3.63) is 42.9 Å². The van der Waals surface area contributed by atoms with Gasteiger partial charge in [-0.2, -0.15) is 8.42 Å². The topological polar surface area (TPSA) is 103 Å².